The van der Waals surface area contributed by atoms with Crippen molar-refractivity contribution >= 4 is 5.91 Å². The number of carbonyl (C=O) groups excluding carboxylic acids is 1. The maximum absolute atomic E-state index is 13.0. The monoisotopic (exact) mass is 395 g/mol. The van der Waals surface area contributed by atoms with Crippen molar-refractivity contribution in [1.82, 2.24) is 25.3 Å². The van der Waals surface area contributed by atoms with Gasteiger partial charge in [0.2, 0.25) is 5.76 Å². The van der Waals surface area contributed by atoms with Crippen LogP contribution in [-0.2, 0) is 13.0 Å². The lowest BCUT2D eigenvalue weighted by molar-refractivity contribution is 0.0690. The number of aromatic nitrogens is 3. The van der Waals surface area contributed by atoms with Gasteiger partial charge in [-0.1, -0.05) is 24.4 Å². The zero-order chi connectivity index (χ0) is 19.6. The Morgan fingerprint density at radius 3 is 2.83 bits per heavy atom. The summed E-state index contributed by atoms with van der Waals surface area (Å²) in [6.07, 6.45) is 11.1. The van der Waals surface area contributed by atoms with Gasteiger partial charge in [0.15, 0.2) is 0 Å². The fourth-order valence-electron chi connectivity index (χ4n) is 4.91. The van der Waals surface area contributed by atoms with Crippen molar-refractivity contribution in [3.05, 3.63) is 40.8 Å². The zero-order valence-electron chi connectivity index (χ0n) is 16.9. The topological polar surface area (TPSA) is 84.2 Å². The molecule has 7 nitrogen and oxygen atoms in total. The Morgan fingerprint density at radius 1 is 1.14 bits per heavy atom. The van der Waals surface area contributed by atoms with Crippen molar-refractivity contribution in [2.45, 2.75) is 69.7 Å². The van der Waals surface area contributed by atoms with Crippen LogP contribution in [0.3, 0.4) is 0 Å². The molecule has 0 spiro atoms. The highest BCUT2D eigenvalue weighted by Crippen LogP contribution is 2.32. The summed E-state index contributed by atoms with van der Waals surface area (Å²) in [5.41, 5.74) is 3.08. The van der Waals surface area contributed by atoms with Crippen LogP contribution in [-0.4, -0.2) is 45.6 Å². The summed E-state index contributed by atoms with van der Waals surface area (Å²) in [7, 11) is 0. The van der Waals surface area contributed by atoms with Crippen molar-refractivity contribution < 1.29 is 9.32 Å². The van der Waals surface area contributed by atoms with E-state index < -0.39 is 0 Å². The van der Waals surface area contributed by atoms with E-state index >= 15 is 0 Å². The summed E-state index contributed by atoms with van der Waals surface area (Å²) in [5, 5.41) is 7.64. The lowest BCUT2D eigenvalue weighted by atomic mass is 9.87. The van der Waals surface area contributed by atoms with E-state index in [2.05, 4.69) is 15.5 Å². The largest absolute Gasteiger partial charge is 0.351 e. The average molecular weight is 396 g/mol. The summed E-state index contributed by atoms with van der Waals surface area (Å²) in [4.78, 5) is 24.3. The first-order valence-corrected chi connectivity index (χ1v) is 11.1. The lowest BCUT2D eigenvalue weighted by Crippen LogP contribution is -2.37. The molecule has 1 saturated heterocycles. The number of piperidine rings is 1. The first-order chi connectivity index (χ1) is 14.3. The lowest BCUT2D eigenvalue weighted by Gasteiger charge is -2.28. The highest BCUT2D eigenvalue weighted by Gasteiger charge is 2.28. The van der Waals surface area contributed by atoms with Gasteiger partial charge in [-0.2, -0.15) is 0 Å². The van der Waals surface area contributed by atoms with Crippen molar-refractivity contribution in [2.75, 3.05) is 19.6 Å². The first-order valence-electron chi connectivity index (χ1n) is 11.1. The molecule has 3 aliphatic rings. The van der Waals surface area contributed by atoms with Crippen LogP contribution < -0.4 is 5.32 Å². The van der Waals surface area contributed by atoms with Crippen LogP contribution in [0.25, 0.3) is 0 Å². The van der Waals surface area contributed by atoms with E-state index in [4.69, 9.17) is 9.51 Å². The Kier molecular flexibility index (Phi) is 5.31. The molecule has 1 atom stereocenters. The number of nitrogens with one attached hydrogen (secondary N) is 1. The number of rotatable bonds is 3. The van der Waals surface area contributed by atoms with Gasteiger partial charge in [-0.15, -0.1) is 0 Å². The number of nitrogens with zero attached hydrogens (tertiary/aromatic N) is 4. The second kappa shape index (κ2) is 8.22. The van der Waals surface area contributed by atoms with Crippen LogP contribution in [0.15, 0.2) is 16.8 Å². The molecule has 7 heteroatoms. The van der Waals surface area contributed by atoms with Crippen LogP contribution in [0.1, 0.15) is 90.1 Å². The van der Waals surface area contributed by atoms with Crippen molar-refractivity contribution in [3.63, 3.8) is 0 Å². The maximum Gasteiger partial charge on any atom is 0.292 e. The molecule has 2 aliphatic heterocycles. The van der Waals surface area contributed by atoms with Crippen molar-refractivity contribution in [3.8, 4) is 0 Å². The van der Waals surface area contributed by atoms with E-state index in [9.17, 15) is 4.79 Å². The third-order valence-corrected chi connectivity index (χ3v) is 6.66. The number of hydrogen-bond acceptors (Lipinski definition) is 6. The predicted molar refractivity (Wildman–Crippen MR) is 108 cm³/mol. The highest BCUT2D eigenvalue weighted by atomic mass is 16.5. The molecule has 2 aromatic heterocycles. The second-order valence-corrected chi connectivity index (χ2v) is 8.67. The van der Waals surface area contributed by atoms with Crippen LogP contribution in [0.4, 0.5) is 0 Å². The normalized spacial score (nSPS) is 23.0. The van der Waals surface area contributed by atoms with Crippen molar-refractivity contribution in [1.29, 1.82) is 0 Å². The summed E-state index contributed by atoms with van der Waals surface area (Å²) >= 11 is 0. The summed E-state index contributed by atoms with van der Waals surface area (Å²) in [6.45, 7) is 3.24. The molecular formula is C22H29N5O2. The molecule has 2 aromatic rings. The van der Waals surface area contributed by atoms with E-state index in [0.29, 0.717) is 30.7 Å². The molecule has 1 N–H and O–H groups in total. The fraction of sp³-hybridized carbons (Fsp3) is 0.636. The molecule has 1 aliphatic carbocycles. The second-order valence-electron chi connectivity index (χ2n) is 8.67. The molecule has 5 rings (SSSR count). The van der Waals surface area contributed by atoms with Gasteiger partial charge in [-0.05, 0) is 32.2 Å². The number of carbonyl (C=O) groups is 1. The molecule has 1 unspecified atom stereocenters. The minimum Gasteiger partial charge on any atom is -0.351 e. The third kappa shape index (κ3) is 3.92. The average Bonchev–Trinajstić information content (AvgIpc) is 3.29. The van der Waals surface area contributed by atoms with E-state index in [-0.39, 0.29) is 5.91 Å². The van der Waals surface area contributed by atoms with Crippen LogP contribution in [0.5, 0.6) is 0 Å². The minimum absolute atomic E-state index is 0.0780. The smallest absolute Gasteiger partial charge is 0.292 e. The molecule has 4 heterocycles. The molecule has 2 fully saturated rings. The molecule has 0 aromatic carbocycles. The SMILES string of the molecule is O=C(c1cc(C2CCCCC2)no1)N1CCc2nc(C3CCCNC3)ncc2C1. The van der Waals surface area contributed by atoms with Gasteiger partial charge in [-0.3, -0.25) is 4.79 Å². The fourth-order valence-corrected chi connectivity index (χ4v) is 4.91. The zero-order valence-corrected chi connectivity index (χ0v) is 16.9. The van der Waals surface area contributed by atoms with E-state index in [0.717, 1.165) is 61.5 Å². The molecule has 0 bridgehead atoms. The number of fused-ring (bicyclic) bond motifs is 1. The molecule has 154 valence electrons. The van der Waals surface area contributed by atoms with Gasteiger partial charge >= 0.3 is 0 Å². The van der Waals surface area contributed by atoms with Crippen molar-refractivity contribution in [2.24, 2.45) is 0 Å². The first kappa shape index (κ1) is 18.7. The maximum atomic E-state index is 13.0. The summed E-state index contributed by atoms with van der Waals surface area (Å²) < 4.78 is 5.44. The third-order valence-electron chi connectivity index (χ3n) is 6.66. The van der Waals surface area contributed by atoms with Crippen LogP contribution in [0.2, 0.25) is 0 Å². The molecule has 1 amide bonds. The molecule has 29 heavy (non-hydrogen) atoms. The Hall–Kier alpha value is -2.28. The van der Waals surface area contributed by atoms with Gasteiger partial charge in [0, 0.05) is 55.7 Å². The van der Waals surface area contributed by atoms with E-state index in [1.807, 2.05) is 17.2 Å². The van der Waals surface area contributed by atoms with Gasteiger partial charge < -0.3 is 14.7 Å². The minimum atomic E-state index is -0.0780. The quantitative estimate of drug-likeness (QED) is 0.859. The number of hydrogen-bond donors (Lipinski definition) is 1. The van der Waals surface area contributed by atoms with Gasteiger partial charge in [0.25, 0.3) is 5.91 Å². The van der Waals surface area contributed by atoms with Gasteiger partial charge in [0.1, 0.15) is 5.82 Å². The molecular weight excluding hydrogens is 366 g/mol. The Labute approximate surface area is 171 Å². The van der Waals surface area contributed by atoms with E-state index in [1.165, 1.54) is 25.7 Å². The Morgan fingerprint density at radius 2 is 2.00 bits per heavy atom. The Bertz CT molecular complexity index is 868. The van der Waals surface area contributed by atoms with Crippen LogP contribution >= 0.6 is 0 Å². The highest BCUT2D eigenvalue weighted by molar-refractivity contribution is 5.91. The molecule has 0 radical (unpaired) electrons. The van der Waals surface area contributed by atoms with Gasteiger partial charge in [0.05, 0.1) is 11.4 Å². The van der Waals surface area contributed by atoms with Gasteiger partial charge in [-0.25, -0.2) is 9.97 Å². The molecule has 1 saturated carbocycles. The predicted octanol–water partition coefficient (Wildman–Crippen LogP) is 3.18. The summed E-state index contributed by atoms with van der Waals surface area (Å²) in [6, 6.07) is 1.86. The Balaban J connectivity index is 1.27. The van der Waals surface area contributed by atoms with Crippen LogP contribution in [0, 0.1) is 0 Å². The summed E-state index contributed by atoms with van der Waals surface area (Å²) in [5.74, 6) is 2.08. The number of amides is 1. The van der Waals surface area contributed by atoms with E-state index in [1.54, 1.807) is 0 Å². The standard InChI is InChI=1S/C22H29N5O2/c28-22(20-11-19(26-29-20)15-5-2-1-3-6-15)27-10-8-18-17(14-27)13-24-21(25-18)16-7-4-9-23-12-16/h11,13,15-16,23H,1-10,12,14H2.